The number of amides is 1. The molecular weight excluding hydrogens is 418 g/mol. The maximum absolute atomic E-state index is 13.4. The van der Waals surface area contributed by atoms with E-state index in [1.807, 2.05) is 48.5 Å². The molecule has 0 fully saturated rings. The van der Waals surface area contributed by atoms with E-state index in [9.17, 15) is 14.4 Å². The van der Waals surface area contributed by atoms with Crippen molar-refractivity contribution in [2.75, 3.05) is 0 Å². The summed E-state index contributed by atoms with van der Waals surface area (Å²) >= 11 is 0. The topological polar surface area (TPSA) is 92.4 Å². The van der Waals surface area contributed by atoms with Crippen LogP contribution in [0.5, 0.6) is 0 Å². The summed E-state index contributed by atoms with van der Waals surface area (Å²) in [4.78, 5) is 47.0. The average molecular weight is 439 g/mol. The molecule has 0 saturated heterocycles. The number of cyclic esters (lactones) is 1. The molecule has 164 valence electrons. The van der Waals surface area contributed by atoms with Gasteiger partial charge in [0.05, 0.1) is 29.4 Å². The molecule has 5 rings (SSSR count). The second-order valence-electron chi connectivity index (χ2n) is 7.95. The molecule has 3 aromatic carbocycles. The number of rotatable bonds is 6. The van der Waals surface area contributed by atoms with Gasteiger partial charge in [0.15, 0.2) is 0 Å². The second kappa shape index (κ2) is 8.70. The average Bonchev–Trinajstić information content (AvgIpc) is 3.15. The molecule has 7 heteroatoms. The number of H-pyrrole nitrogens is 1. The molecule has 1 aromatic heterocycles. The van der Waals surface area contributed by atoms with Crippen molar-refractivity contribution in [2.45, 2.75) is 25.6 Å². The number of benzene rings is 3. The number of carbonyl (C=O) groups is 2. The fourth-order valence-electron chi connectivity index (χ4n) is 4.09. The molecule has 0 aliphatic carbocycles. The Hall–Kier alpha value is -4.26. The molecule has 1 amide bonds. The highest BCUT2D eigenvalue weighted by Gasteiger charge is 2.33. The van der Waals surface area contributed by atoms with Crippen LogP contribution in [0.15, 0.2) is 83.7 Å². The molecule has 1 atom stereocenters. The van der Waals surface area contributed by atoms with E-state index in [1.165, 1.54) is 0 Å². The van der Waals surface area contributed by atoms with E-state index in [4.69, 9.17) is 4.74 Å². The van der Waals surface area contributed by atoms with Gasteiger partial charge in [-0.3, -0.25) is 9.59 Å². The van der Waals surface area contributed by atoms with Crippen LogP contribution in [0.3, 0.4) is 0 Å². The molecule has 1 aliphatic rings. The zero-order chi connectivity index (χ0) is 22.8. The van der Waals surface area contributed by atoms with Crippen LogP contribution in [0.25, 0.3) is 10.9 Å². The van der Waals surface area contributed by atoms with Crippen molar-refractivity contribution >= 4 is 22.8 Å². The van der Waals surface area contributed by atoms with Crippen molar-refractivity contribution in [1.29, 1.82) is 0 Å². The first-order valence-electron chi connectivity index (χ1n) is 10.7. The SMILES string of the molecule is O=C1O[C@@H](CC(=O)N(Cc2ccccc2)Cc2nc3ccccc3c(=O)[nH]2)c2ccccc21. The number of hydrogen-bond acceptors (Lipinski definition) is 5. The van der Waals surface area contributed by atoms with Crippen LogP contribution in [0, 0.1) is 0 Å². The van der Waals surface area contributed by atoms with E-state index in [0.29, 0.717) is 34.4 Å². The van der Waals surface area contributed by atoms with Crippen LogP contribution < -0.4 is 5.56 Å². The van der Waals surface area contributed by atoms with Crippen molar-refractivity contribution in [3.63, 3.8) is 0 Å². The first-order valence-corrected chi connectivity index (χ1v) is 10.7. The quantitative estimate of drug-likeness (QED) is 0.462. The predicted octanol–water partition coefficient (Wildman–Crippen LogP) is 3.75. The van der Waals surface area contributed by atoms with E-state index in [-0.39, 0.29) is 24.4 Å². The van der Waals surface area contributed by atoms with Gasteiger partial charge < -0.3 is 14.6 Å². The number of hydrogen-bond donors (Lipinski definition) is 1. The number of carbonyl (C=O) groups excluding carboxylic acids is 2. The van der Waals surface area contributed by atoms with Crippen molar-refractivity contribution < 1.29 is 14.3 Å². The normalized spacial score (nSPS) is 14.7. The molecule has 33 heavy (non-hydrogen) atoms. The van der Waals surface area contributed by atoms with Crippen molar-refractivity contribution in [1.82, 2.24) is 14.9 Å². The standard InChI is InChI=1S/C26H21N3O4/c30-24(14-22-18-10-4-5-11-19(18)26(32)33-22)29(15-17-8-2-1-3-9-17)16-23-27-21-13-7-6-12-20(21)25(31)28-23/h1-13,22H,14-16H2,(H,27,28,31)/t22-/m0/s1. The lowest BCUT2D eigenvalue weighted by Gasteiger charge is -2.24. The highest BCUT2D eigenvalue weighted by molar-refractivity contribution is 5.94. The number of aromatic nitrogens is 2. The van der Waals surface area contributed by atoms with Gasteiger partial charge in [-0.1, -0.05) is 60.7 Å². The van der Waals surface area contributed by atoms with Gasteiger partial charge in [-0.15, -0.1) is 0 Å². The molecule has 7 nitrogen and oxygen atoms in total. The van der Waals surface area contributed by atoms with Crippen LogP contribution in [-0.4, -0.2) is 26.7 Å². The van der Waals surface area contributed by atoms with Gasteiger partial charge >= 0.3 is 5.97 Å². The summed E-state index contributed by atoms with van der Waals surface area (Å²) in [5.41, 5.74) is 2.47. The van der Waals surface area contributed by atoms with Gasteiger partial charge in [-0.25, -0.2) is 9.78 Å². The van der Waals surface area contributed by atoms with Crippen LogP contribution in [-0.2, 0) is 22.6 Å². The Labute approximate surface area is 189 Å². The van der Waals surface area contributed by atoms with Crippen molar-refractivity contribution in [3.8, 4) is 0 Å². The van der Waals surface area contributed by atoms with E-state index >= 15 is 0 Å². The molecule has 0 saturated carbocycles. The third-order valence-electron chi connectivity index (χ3n) is 5.71. The maximum atomic E-state index is 13.4. The summed E-state index contributed by atoms with van der Waals surface area (Å²) in [5, 5.41) is 0.497. The highest BCUT2D eigenvalue weighted by Crippen LogP contribution is 2.33. The van der Waals surface area contributed by atoms with Gasteiger partial charge in [0.1, 0.15) is 11.9 Å². The van der Waals surface area contributed by atoms with E-state index in [1.54, 1.807) is 35.2 Å². The Kier molecular flexibility index (Phi) is 5.44. The second-order valence-corrected chi connectivity index (χ2v) is 7.95. The molecule has 0 bridgehead atoms. The van der Waals surface area contributed by atoms with Gasteiger partial charge in [-0.2, -0.15) is 0 Å². The number of nitrogens with one attached hydrogen (secondary N) is 1. The minimum absolute atomic E-state index is 0.00734. The summed E-state index contributed by atoms with van der Waals surface area (Å²) in [6.07, 6.45) is -0.629. The lowest BCUT2D eigenvalue weighted by atomic mass is 10.0. The zero-order valence-electron chi connectivity index (χ0n) is 17.7. The fourth-order valence-corrected chi connectivity index (χ4v) is 4.09. The van der Waals surface area contributed by atoms with Gasteiger partial charge in [0.25, 0.3) is 5.56 Å². The predicted molar refractivity (Wildman–Crippen MR) is 122 cm³/mol. The molecule has 0 radical (unpaired) electrons. The third kappa shape index (κ3) is 4.25. The fraction of sp³-hybridized carbons (Fsp3) is 0.154. The Balaban J connectivity index is 1.43. The number of esters is 1. The van der Waals surface area contributed by atoms with E-state index in [0.717, 1.165) is 5.56 Å². The van der Waals surface area contributed by atoms with E-state index in [2.05, 4.69) is 9.97 Å². The Morgan fingerprint density at radius 1 is 0.909 bits per heavy atom. The largest absolute Gasteiger partial charge is 0.453 e. The summed E-state index contributed by atoms with van der Waals surface area (Å²) in [6.45, 7) is 0.453. The Bertz CT molecular complexity index is 1400. The summed E-state index contributed by atoms with van der Waals surface area (Å²) in [7, 11) is 0. The summed E-state index contributed by atoms with van der Waals surface area (Å²) in [5.74, 6) is -0.227. The van der Waals surface area contributed by atoms with Gasteiger partial charge in [-0.05, 0) is 23.8 Å². The van der Waals surface area contributed by atoms with Crippen LogP contribution >= 0.6 is 0 Å². The van der Waals surface area contributed by atoms with Gasteiger partial charge in [0.2, 0.25) is 5.91 Å². The molecule has 4 aromatic rings. The smallest absolute Gasteiger partial charge is 0.339 e. The van der Waals surface area contributed by atoms with Crippen LogP contribution in [0.2, 0.25) is 0 Å². The number of fused-ring (bicyclic) bond motifs is 2. The number of para-hydroxylation sites is 1. The minimum Gasteiger partial charge on any atom is -0.453 e. The first kappa shape index (κ1) is 20.6. The molecule has 1 aliphatic heterocycles. The van der Waals surface area contributed by atoms with Crippen LogP contribution in [0.4, 0.5) is 0 Å². The van der Waals surface area contributed by atoms with Crippen LogP contribution in [0.1, 0.15) is 39.8 Å². The molecule has 0 spiro atoms. The minimum atomic E-state index is -0.636. The lowest BCUT2D eigenvalue weighted by molar-refractivity contribution is -0.134. The van der Waals surface area contributed by atoms with Crippen molar-refractivity contribution in [2.24, 2.45) is 0 Å². The van der Waals surface area contributed by atoms with E-state index < -0.39 is 12.1 Å². The zero-order valence-corrected chi connectivity index (χ0v) is 17.7. The lowest BCUT2D eigenvalue weighted by Crippen LogP contribution is -2.32. The monoisotopic (exact) mass is 439 g/mol. The Morgan fingerprint density at radius 2 is 1.64 bits per heavy atom. The number of ether oxygens (including phenoxy) is 1. The highest BCUT2D eigenvalue weighted by atomic mass is 16.5. The van der Waals surface area contributed by atoms with Crippen molar-refractivity contribution in [3.05, 3.63) is 112 Å². The molecule has 0 unspecified atom stereocenters. The maximum Gasteiger partial charge on any atom is 0.339 e. The molecule has 1 N–H and O–H groups in total. The molecular formula is C26H21N3O4. The third-order valence-corrected chi connectivity index (χ3v) is 5.71. The van der Waals surface area contributed by atoms with Gasteiger partial charge in [0, 0.05) is 12.1 Å². The summed E-state index contributed by atoms with van der Waals surface area (Å²) in [6, 6.07) is 23.8. The number of nitrogens with zero attached hydrogens (tertiary/aromatic N) is 2. The summed E-state index contributed by atoms with van der Waals surface area (Å²) < 4.78 is 5.47. The number of aromatic amines is 1. The molecule has 2 heterocycles. The first-order chi connectivity index (χ1) is 16.1. The Morgan fingerprint density at radius 3 is 2.48 bits per heavy atom.